The van der Waals surface area contributed by atoms with Crippen molar-refractivity contribution in [2.75, 3.05) is 0 Å². The molecule has 0 atom stereocenters. The highest BCUT2D eigenvalue weighted by molar-refractivity contribution is 5.48. The molecule has 0 aliphatic rings. The molecule has 1 rings (SSSR count). The van der Waals surface area contributed by atoms with Gasteiger partial charge in [-0.05, 0) is 37.5 Å². The van der Waals surface area contributed by atoms with Crippen LogP contribution in [0.1, 0.15) is 50.2 Å². The van der Waals surface area contributed by atoms with Crippen LogP contribution >= 0.6 is 0 Å². The fraction of sp³-hybridized carbons (Fsp3) is 0.438. The number of allylic oxidation sites excluding steroid dienone is 1. The second-order valence-electron chi connectivity index (χ2n) is 4.28. The van der Waals surface area contributed by atoms with E-state index >= 15 is 0 Å². The van der Waals surface area contributed by atoms with Crippen molar-refractivity contribution in [1.29, 1.82) is 0 Å². The van der Waals surface area contributed by atoms with Crippen molar-refractivity contribution in [1.82, 2.24) is 0 Å². The predicted molar refractivity (Wildman–Crippen MR) is 72.5 cm³/mol. The highest BCUT2D eigenvalue weighted by atomic mass is 13.9. The molecule has 0 aromatic heterocycles. The maximum atomic E-state index is 3.25. The van der Waals surface area contributed by atoms with Crippen LogP contribution in [0.5, 0.6) is 0 Å². The van der Waals surface area contributed by atoms with Crippen LogP contribution in [0.3, 0.4) is 0 Å². The third-order valence-corrected chi connectivity index (χ3v) is 2.65. The molecule has 0 aliphatic carbocycles. The predicted octanol–water partition coefficient (Wildman–Crippen LogP) is 5.13. The smallest absolute Gasteiger partial charge is 0.0131 e. The molecular weight excluding hydrogens is 192 g/mol. The zero-order valence-corrected chi connectivity index (χ0v) is 10.5. The molecule has 0 bridgehead atoms. The van der Waals surface area contributed by atoms with Crippen molar-refractivity contribution < 1.29 is 0 Å². The highest BCUT2D eigenvalue weighted by Gasteiger charge is 1.85. The number of hydrogen-bond acceptors (Lipinski definition) is 0. The molecule has 86 valence electrons. The van der Waals surface area contributed by atoms with Gasteiger partial charge in [-0.2, -0.15) is 0 Å². The van der Waals surface area contributed by atoms with E-state index in [-0.39, 0.29) is 0 Å². The summed E-state index contributed by atoms with van der Waals surface area (Å²) < 4.78 is 0. The first-order valence-electron chi connectivity index (χ1n) is 6.30. The Morgan fingerprint density at radius 3 is 2.50 bits per heavy atom. The molecule has 0 unspecified atom stereocenters. The first kappa shape index (κ1) is 12.8. The van der Waals surface area contributed by atoms with Gasteiger partial charge in [0.05, 0.1) is 0 Å². The highest BCUT2D eigenvalue weighted by Crippen LogP contribution is 2.05. The van der Waals surface area contributed by atoms with Crippen LogP contribution in [-0.2, 0) is 0 Å². The van der Waals surface area contributed by atoms with Crippen LogP contribution in [-0.4, -0.2) is 0 Å². The molecule has 0 fully saturated rings. The molecule has 0 nitrogen and oxygen atoms in total. The molecular formula is C16H22. The molecule has 0 heterocycles. The molecule has 0 amide bonds. The Bertz CT molecular complexity index is 337. The topological polar surface area (TPSA) is 0 Å². The lowest BCUT2D eigenvalue weighted by Gasteiger charge is -1.93. The molecule has 0 aliphatic heterocycles. The van der Waals surface area contributed by atoms with Gasteiger partial charge in [-0.1, -0.05) is 56.0 Å². The van der Waals surface area contributed by atoms with Gasteiger partial charge in [-0.25, -0.2) is 0 Å². The molecule has 1 aromatic rings. The van der Waals surface area contributed by atoms with E-state index in [1.165, 1.54) is 36.8 Å². The minimum absolute atomic E-state index is 1.16. The van der Waals surface area contributed by atoms with Gasteiger partial charge in [0, 0.05) is 0 Å². The van der Waals surface area contributed by atoms with E-state index in [1.54, 1.807) is 0 Å². The van der Waals surface area contributed by atoms with Gasteiger partial charge >= 0.3 is 0 Å². The lowest BCUT2D eigenvalue weighted by Crippen LogP contribution is -1.73. The van der Waals surface area contributed by atoms with Crippen LogP contribution in [0, 0.1) is 6.92 Å². The Labute approximate surface area is 99.7 Å². The largest absolute Gasteiger partial charge is 0.125 e. The van der Waals surface area contributed by atoms with Crippen molar-refractivity contribution in [2.45, 2.75) is 46.0 Å². The summed E-state index contributed by atoms with van der Waals surface area (Å²) in [4.78, 5) is 0. The van der Waals surface area contributed by atoms with E-state index in [0.29, 0.717) is 0 Å². The summed E-state index contributed by atoms with van der Waals surface area (Å²) in [7, 11) is 0. The van der Waals surface area contributed by atoms with Crippen molar-refractivity contribution >= 4 is 6.08 Å². The van der Waals surface area contributed by atoms with Gasteiger partial charge in [0.1, 0.15) is 0 Å². The summed E-state index contributed by atoms with van der Waals surface area (Å²) in [6.45, 7) is 4.35. The maximum Gasteiger partial charge on any atom is -0.0131 e. The molecule has 0 N–H and O–H groups in total. The van der Waals surface area contributed by atoms with E-state index in [9.17, 15) is 0 Å². The molecule has 16 heavy (non-hydrogen) atoms. The van der Waals surface area contributed by atoms with Crippen molar-refractivity contribution in [3.63, 3.8) is 0 Å². The summed E-state index contributed by atoms with van der Waals surface area (Å²) >= 11 is 0. The minimum Gasteiger partial charge on any atom is -0.125 e. The zero-order valence-electron chi connectivity index (χ0n) is 10.5. The third-order valence-electron chi connectivity index (χ3n) is 2.65. The van der Waals surface area contributed by atoms with Gasteiger partial charge in [-0.3, -0.25) is 0 Å². The molecule has 0 heteroatoms. The number of rotatable bonds is 6. The van der Waals surface area contributed by atoms with E-state index in [4.69, 9.17) is 0 Å². The summed E-state index contributed by atoms with van der Waals surface area (Å²) in [5, 5.41) is 0. The second-order valence-corrected chi connectivity index (χ2v) is 4.28. The van der Waals surface area contributed by atoms with E-state index in [1.807, 2.05) is 0 Å². The van der Waals surface area contributed by atoms with Crippen LogP contribution in [0.25, 0.3) is 6.08 Å². The second kappa shape index (κ2) is 7.96. The van der Waals surface area contributed by atoms with Gasteiger partial charge in [0.2, 0.25) is 0 Å². The van der Waals surface area contributed by atoms with E-state index in [0.717, 1.165) is 6.42 Å². The lowest BCUT2D eigenvalue weighted by molar-refractivity contribution is 0.675. The fourth-order valence-corrected chi connectivity index (χ4v) is 1.57. The average Bonchev–Trinajstić information content (AvgIpc) is 2.30. The van der Waals surface area contributed by atoms with Gasteiger partial charge in [0.25, 0.3) is 0 Å². The van der Waals surface area contributed by atoms with Gasteiger partial charge < -0.3 is 0 Å². The monoisotopic (exact) mass is 214 g/mol. The van der Waals surface area contributed by atoms with Crippen LogP contribution in [0.2, 0.25) is 0 Å². The number of benzene rings is 1. The van der Waals surface area contributed by atoms with E-state index in [2.05, 4.69) is 56.0 Å². The first-order valence-corrected chi connectivity index (χ1v) is 6.30. The van der Waals surface area contributed by atoms with Gasteiger partial charge in [-0.15, -0.1) is 5.73 Å². The van der Waals surface area contributed by atoms with Crippen molar-refractivity contribution in [2.24, 2.45) is 0 Å². The Morgan fingerprint density at radius 2 is 1.81 bits per heavy atom. The van der Waals surface area contributed by atoms with Crippen LogP contribution in [0.15, 0.2) is 36.1 Å². The number of aryl methyl sites for hydroxylation is 1. The standard InChI is InChI=1S/C16H22/c1-3-4-5-6-7-8-9-10-16-13-11-15(2)12-14-16/h8,10-14H,3-7H2,1-2H3. The Morgan fingerprint density at radius 1 is 1.06 bits per heavy atom. The van der Waals surface area contributed by atoms with Crippen molar-refractivity contribution in [3.05, 3.63) is 47.2 Å². The number of hydrogen-bond donors (Lipinski definition) is 0. The summed E-state index contributed by atoms with van der Waals surface area (Å²) in [6.07, 6.45) is 10.7. The van der Waals surface area contributed by atoms with Crippen molar-refractivity contribution in [3.8, 4) is 0 Å². The minimum atomic E-state index is 1.16. The summed E-state index contributed by atoms with van der Waals surface area (Å²) in [5.74, 6) is 0. The third kappa shape index (κ3) is 5.58. The molecule has 0 saturated heterocycles. The zero-order chi connectivity index (χ0) is 11.6. The SMILES string of the molecule is CCCCCCC=C=Cc1ccc(C)cc1. The first-order chi connectivity index (χ1) is 7.83. The number of unbranched alkanes of at least 4 members (excludes halogenated alkanes) is 4. The quantitative estimate of drug-likeness (QED) is 0.454. The summed E-state index contributed by atoms with van der Waals surface area (Å²) in [6, 6.07) is 8.53. The Kier molecular flexibility index (Phi) is 6.37. The molecule has 0 radical (unpaired) electrons. The summed E-state index contributed by atoms with van der Waals surface area (Å²) in [5.41, 5.74) is 5.79. The normalized spacial score (nSPS) is 9.62. The maximum absolute atomic E-state index is 3.25. The lowest BCUT2D eigenvalue weighted by atomic mass is 10.1. The molecule has 0 spiro atoms. The molecule has 1 aromatic carbocycles. The van der Waals surface area contributed by atoms with Crippen LogP contribution < -0.4 is 0 Å². The van der Waals surface area contributed by atoms with Crippen LogP contribution in [0.4, 0.5) is 0 Å². The Balaban J connectivity index is 2.30. The van der Waals surface area contributed by atoms with E-state index < -0.39 is 0 Å². The average molecular weight is 214 g/mol. The fourth-order valence-electron chi connectivity index (χ4n) is 1.57. The van der Waals surface area contributed by atoms with Gasteiger partial charge in [0.15, 0.2) is 0 Å². The Hall–Kier alpha value is -1.26. The molecule has 0 saturated carbocycles.